The van der Waals surface area contributed by atoms with Gasteiger partial charge in [0, 0.05) is 51.8 Å². The summed E-state index contributed by atoms with van der Waals surface area (Å²) >= 11 is 0. The van der Waals surface area contributed by atoms with E-state index < -0.39 is 5.91 Å². The minimum Gasteiger partial charge on any atom is -0.355 e. The normalized spacial score (nSPS) is 16.3. The molecule has 2 N–H and O–H groups in total. The number of hydrogen-bond donors (Lipinski definition) is 2. The first-order valence-corrected chi connectivity index (χ1v) is 11.9. The first-order chi connectivity index (χ1) is 16.5. The molecule has 0 spiro atoms. The number of aryl methyl sites for hydroxylation is 1. The molecule has 0 bridgehead atoms. The highest BCUT2D eigenvalue weighted by molar-refractivity contribution is 5.98. The van der Waals surface area contributed by atoms with E-state index in [4.69, 9.17) is 0 Å². The summed E-state index contributed by atoms with van der Waals surface area (Å²) in [5.74, 6) is -1.06. The van der Waals surface area contributed by atoms with Crippen LogP contribution in [0.25, 0.3) is 0 Å². The predicted molar refractivity (Wildman–Crippen MR) is 124 cm³/mol. The highest BCUT2D eigenvalue weighted by Gasteiger charge is 2.26. The van der Waals surface area contributed by atoms with Gasteiger partial charge in [-0.25, -0.2) is 4.39 Å². The van der Waals surface area contributed by atoms with E-state index in [-0.39, 0.29) is 36.3 Å². The number of aromatic nitrogens is 2. The molecule has 34 heavy (non-hydrogen) atoms. The maximum atomic E-state index is 13.2. The minimum absolute atomic E-state index is 0.105. The molecule has 3 heterocycles. The quantitative estimate of drug-likeness (QED) is 0.577. The third-order valence-electron chi connectivity index (χ3n) is 6.19. The topological polar surface area (TPSA) is 99.6 Å². The van der Waals surface area contributed by atoms with E-state index in [1.165, 1.54) is 31.0 Å². The maximum absolute atomic E-state index is 13.2. The monoisotopic (exact) mass is 470 g/mol. The van der Waals surface area contributed by atoms with Crippen LogP contribution in [0, 0.1) is 5.82 Å². The Kier molecular flexibility index (Phi) is 7.89. The first kappa shape index (κ1) is 23.9. The van der Waals surface area contributed by atoms with Crippen molar-refractivity contribution in [3.05, 3.63) is 53.1 Å². The van der Waals surface area contributed by atoms with Crippen molar-refractivity contribution < 1.29 is 18.8 Å². The van der Waals surface area contributed by atoms with Crippen LogP contribution in [0.4, 0.5) is 4.39 Å². The highest BCUT2D eigenvalue weighted by Crippen LogP contribution is 2.17. The lowest BCUT2D eigenvalue weighted by atomic mass is 10.2. The van der Waals surface area contributed by atoms with Crippen molar-refractivity contribution >= 4 is 17.7 Å². The van der Waals surface area contributed by atoms with Crippen molar-refractivity contribution in [2.45, 2.75) is 38.8 Å². The zero-order chi connectivity index (χ0) is 23.9. The Bertz CT molecular complexity index is 1020. The highest BCUT2D eigenvalue weighted by atomic mass is 19.1. The number of benzene rings is 1. The molecule has 1 aromatic heterocycles. The lowest BCUT2D eigenvalue weighted by Crippen LogP contribution is -2.35. The molecule has 1 saturated heterocycles. The Balaban J connectivity index is 1.26. The summed E-state index contributed by atoms with van der Waals surface area (Å²) in [5, 5.41) is 9.90. The van der Waals surface area contributed by atoms with E-state index in [1.54, 1.807) is 21.7 Å². The van der Waals surface area contributed by atoms with E-state index in [2.05, 4.69) is 20.6 Å². The minimum atomic E-state index is -0.414. The van der Waals surface area contributed by atoms with Gasteiger partial charge in [0.1, 0.15) is 11.5 Å². The number of nitrogens with one attached hydrogen (secondary N) is 2. The number of fused-ring (bicyclic) bond motifs is 1. The largest absolute Gasteiger partial charge is 0.355 e. The Morgan fingerprint density at radius 1 is 0.971 bits per heavy atom. The second-order valence-corrected chi connectivity index (χ2v) is 8.75. The van der Waals surface area contributed by atoms with Crippen molar-refractivity contribution in [1.29, 1.82) is 0 Å². The molecule has 0 saturated carbocycles. The van der Waals surface area contributed by atoms with Crippen LogP contribution in [0.1, 0.15) is 52.2 Å². The molecule has 4 rings (SSSR count). The lowest BCUT2D eigenvalue weighted by Gasteiger charge is -2.20. The average Bonchev–Trinajstić information content (AvgIpc) is 3.47. The number of hydrogen-bond acceptors (Lipinski definition) is 5. The number of nitrogens with zero attached hydrogens (tertiary/aromatic N) is 4. The van der Waals surface area contributed by atoms with Gasteiger partial charge in [0.25, 0.3) is 11.8 Å². The summed E-state index contributed by atoms with van der Waals surface area (Å²) in [6.45, 7) is 5.27. The fraction of sp³-hybridized carbons (Fsp3) is 0.500. The van der Waals surface area contributed by atoms with Gasteiger partial charge in [-0.05, 0) is 50.0 Å². The molecular formula is C24H31FN6O3. The van der Waals surface area contributed by atoms with Gasteiger partial charge in [0.15, 0.2) is 5.69 Å². The first-order valence-electron chi connectivity index (χ1n) is 11.9. The van der Waals surface area contributed by atoms with Crippen LogP contribution < -0.4 is 10.6 Å². The fourth-order valence-electron chi connectivity index (χ4n) is 4.33. The van der Waals surface area contributed by atoms with Gasteiger partial charge in [-0.15, -0.1) is 0 Å². The van der Waals surface area contributed by atoms with Crippen molar-refractivity contribution in [2.24, 2.45) is 0 Å². The third kappa shape index (κ3) is 6.19. The van der Waals surface area contributed by atoms with Crippen LogP contribution in [0.3, 0.4) is 0 Å². The summed E-state index contributed by atoms with van der Waals surface area (Å²) in [6, 6.07) is 7.56. The van der Waals surface area contributed by atoms with Crippen LogP contribution in [-0.2, 0) is 17.9 Å². The van der Waals surface area contributed by atoms with Gasteiger partial charge < -0.3 is 20.4 Å². The van der Waals surface area contributed by atoms with Gasteiger partial charge in [-0.2, -0.15) is 5.10 Å². The molecule has 2 aromatic rings. The van der Waals surface area contributed by atoms with Crippen molar-refractivity contribution in [1.82, 2.24) is 30.2 Å². The third-order valence-corrected chi connectivity index (χ3v) is 6.19. The summed E-state index contributed by atoms with van der Waals surface area (Å²) in [5.41, 5.74) is 1.34. The summed E-state index contributed by atoms with van der Waals surface area (Å²) in [6.07, 6.45) is 3.31. The zero-order valence-corrected chi connectivity index (χ0v) is 19.3. The Morgan fingerprint density at radius 2 is 1.74 bits per heavy atom. The van der Waals surface area contributed by atoms with E-state index >= 15 is 0 Å². The van der Waals surface area contributed by atoms with Crippen LogP contribution in [0.5, 0.6) is 0 Å². The van der Waals surface area contributed by atoms with E-state index in [0.717, 1.165) is 25.2 Å². The van der Waals surface area contributed by atoms with Crippen molar-refractivity contribution in [3.63, 3.8) is 0 Å². The zero-order valence-electron chi connectivity index (χ0n) is 19.3. The molecular weight excluding hydrogens is 439 g/mol. The van der Waals surface area contributed by atoms with Crippen LogP contribution >= 0.6 is 0 Å². The van der Waals surface area contributed by atoms with E-state index in [9.17, 15) is 18.8 Å². The SMILES string of the molecule is O=C(CCNC(=O)c1cc2n(n1)CCCN(Cc1ccc(F)cc1)C2=O)NCCN1CCCC1. The lowest BCUT2D eigenvalue weighted by molar-refractivity contribution is -0.121. The maximum Gasteiger partial charge on any atom is 0.272 e. The van der Waals surface area contributed by atoms with Gasteiger partial charge in [0.2, 0.25) is 5.91 Å². The van der Waals surface area contributed by atoms with E-state index in [1.807, 2.05) is 0 Å². The molecule has 1 fully saturated rings. The smallest absolute Gasteiger partial charge is 0.272 e. The molecule has 3 amide bonds. The summed E-state index contributed by atoms with van der Waals surface area (Å²) in [4.78, 5) is 41.6. The number of likely N-dealkylation sites (tertiary alicyclic amines) is 1. The number of halogens is 1. The molecule has 0 unspecified atom stereocenters. The van der Waals surface area contributed by atoms with Crippen LogP contribution in [0.2, 0.25) is 0 Å². The molecule has 182 valence electrons. The fourth-order valence-corrected chi connectivity index (χ4v) is 4.33. The van der Waals surface area contributed by atoms with Crippen molar-refractivity contribution in [3.8, 4) is 0 Å². The summed E-state index contributed by atoms with van der Waals surface area (Å²) < 4.78 is 14.7. The second-order valence-electron chi connectivity index (χ2n) is 8.75. The van der Waals surface area contributed by atoms with Gasteiger partial charge >= 0.3 is 0 Å². The van der Waals surface area contributed by atoms with Crippen LogP contribution in [0.15, 0.2) is 30.3 Å². The van der Waals surface area contributed by atoms with Crippen LogP contribution in [-0.4, -0.2) is 76.6 Å². The molecule has 1 aromatic carbocycles. The van der Waals surface area contributed by atoms with Gasteiger partial charge in [-0.1, -0.05) is 12.1 Å². The average molecular weight is 471 g/mol. The number of carbonyl (C=O) groups excluding carboxylic acids is 3. The second kappa shape index (κ2) is 11.2. The molecule has 2 aliphatic rings. The molecule has 10 heteroatoms. The Labute approximate surface area is 198 Å². The molecule has 2 aliphatic heterocycles. The predicted octanol–water partition coefficient (Wildman–Crippen LogP) is 1.40. The number of rotatable bonds is 9. The molecule has 0 radical (unpaired) electrons. The van der Waals surface area contributed by atoms with E-state index in [0.29, 0.717) is 38.3 Å². The van der Waals surface area contributed by atoms with Gasteiger partial charge in [0.05, 0.1) is 0 Å². The molecule has 0 aliphatic carbocycles. The Morgan fingerprint density at radius 3 is 2.50 bits per heavy atom. The standard InChI is InChI=1S/C24H31FN6O3/c25-19-6-4-18(5-7-19)17-30-13-3-14-31-21(24(30)34)16-20(28-31)23(33)27-9-8-22(32)26-10-15-29-11-1-2-12-29/h4-7,16H,1-3,8-15,17H2,(H,26,32)(H,27,33). The number of carbonyl (C=O) groups is 3. The molecule has 9 nitrogen and oxygen atoms in total. The number of amides is 3. The van der Waals surface area contributed by atoms with Crippen molar-refractivity contribution in [2.75, 3.05) is 39.3 Å². The Hall–Kier alpha value is -3.27. The molecule has 0 atom stereocenters. The van der Waals surface area contributed by atoms with Gasteiger partial charge in [-0.3, -0.25) is 19.1 Å². The summed E-state index contributed by atoms with van der Waals surface area (Å²) in [7, 11) is 0.